The Kier molecular flexibility index (Phi) is 4.50. The number of nitrogens with two attached hydrogens (primary N) is 1. The summed E-state index contributed by atoms with van der Waals surface area (Å²) >= 11 is 1.33. The molecule has 0 amide bonds. The Bertz CT molecular complexity index is 750. The van der Waals surface area contributed by atoms with Crippen LogP contribution in [0, 0.1) is 11.8 Å². The molecule has 0 fully saturated rings. The summed E-state index contributed by atoms with van der Waals surface area (Å²) in [6.45, 7) is 0.244. The molecule has 0 unspecified atom stereocenters. The van der Waals surface area contributed by atoms with E-state index in [0.717, 1.165) is 27.8 Å². The molecular formula is C14H11F3N2OS. The van der Waals surface area contributed by atoms with Crippen molar-refractivity contribution >= 4 is 11.3 Å². The Morgan fingerprint density at radius 2 is 2.05 bits per heavy atom. The van der Waals surface area contributed by atoms with Gasteiger partial charge in [0.25, 0.3) is 5.56 Å². The van der Waals surface area contributed by atoms with Crippen molar-refractivity contribution < 1.29 is 13.2 Å². The van der Waals surface area contributed by atoms with Crippen LogP contribution in [0.5, 0.6) is 0 Å². The van der Waals surface area contributed by atoms with Crippen LogP contribution in [0.4, 0.5) is 13.2 Å². The third kappa shape index (κ3) is 3.74. The highest BCUT2D eigenvalue weighted by molar-refractivity contribution is 7.10. The summed E-state index contributed by atoms with van der Waals surface area (Å²) in [7, 11) is 0. The summed E-state index contributed by atoms with van der Waals surface area (Å²) in [4.78, 5) is 12.4. The molecule has 7 heteroatoms. The first-order valence-electron chi connectivity index (χ1n) is 5.95. The highest BCUT2D eigenvalue weighted by Gasteiger charge is 2.31. The van der Waals surface area contributed by atoms with Crippen LogP contribution in [0.25, 0.3) is 0 Å². The third-order valence-corrected chi connectivity index (χ3v) is 3.60. The van der Waals surface area contributed by atoms with E-state index in [9.17, 15) is 18.0 Å². The number of nitrogens with zero attached hydrogens (tertiary/aromatic N) is 1. The van der Waals surface area contributed by atoms with Crippen molar-refractivity contribution in [2.24, 2.45) is 5.73 Å². The first kappa shape index (κ1) is 15.4. The molecule has 3 nitrogen and oxygen atoms in total. The first-order valence-corrected chi connectivity index (χ1v) is 6.83. The van der Waals surface area contributed by atoms with Gasteiger partial charge < -0.3 is 10.3 Å². The predicted molar refractivity (Wildman–Crippen MR) is 75.1 cm³/mol. The summed E-state index contributed by atoms with van der Waals surface area (Å²) in [6.07, 6.45) is -3.66. The third-order valence-electron chi connectivity index (χ3n) is 2.70. The van der Waals surface area contributed by atoms with Crippen LogP contribution in [-0.2, 0) is 12.7 Å². The van der Waals surface area contributed by atoms with Gasteiger partial charge in [0.2, 0.25) is 0 Å². The molecule has 2 aromatic rings. The molecule has 0 aliphatic heterocycles. The summed E-state index contributed by atoms with van der Waals surface area (Å²) in [5, 5.41) is 1.77. The Hall–Kier alpha value is -2.04. The molecule has 2 heterocycles. The van der Waals surface area contributed by atoms with Crippen LogP contribution in [0.1, 0.15) is 16.0 Å². The highest BCUT2D eigenvalue weighted by Crippen LogP contribution is 2.28. The van der Waals surface area contributed by atoms with Crippen molar-refractivity contribution in [3.05, 3.63) is 56.1 Å². The van der Waals surface area contributed by atoms with Crippen molar-refractivity contribution in [3.63, 3.8) is 0 Å². The van der Waals surface area contributed by atoms with Gasteiger partial charge in [-0.3, -0.25) is 4.79 Å². The quantitative estimate of drug-likeness (QED) is 0.865. The minimum absolute atomic E-state index is 0.0506. The van der Waals surface area contributed by atoms with Gasteiger partial charge in [0.1, 0.15) is 0 Å². The van der Waals surface area contributed by atoms with Gasteiger partial charge in [0.05, 0.1) is 18.7 Å². The van der Waals surface area contributed by atoms with Crippen molar-refractivity contribution in [2.45, 2.75) is 12.7 Å². The molecule has 110 valence electrons. The zero-order valence-electron chi connectivity index (χ0n) is 10.8. The van der Waals surface area contributed by atoms with Gasteiger partial charge >= 0.3 is 6.18 Å². The largest absolute Gasteiger partial charge is 0.417 e. The molecule has 0 aliphatic rings. The Morgan fingerprint density at radius 1 is 1.29 bits per heavy atom. The molecule has 0 aromatic carbocycles. The van der Waals surface area contributed by atoms with Crippen LogP contribution < -0.4 is 11.3 Å². The van der Waals surface area contributed by atoms with Gasteiger partial charge in [-0.2, -0.15) is 13.2 Å². The second kappa shape index (κ2) is 6.16. The lowest BCUT2D eigenvalue weighted by molar-refractivity contribution is -0.138. The predicted octanol–water partition coefficient (Wildman–Crippen LogP) is 2.29. The highest BCUT2D eigenvalue weighted by atomic mass is 32.1. The van der Waals surface area contributed by atoms with E-state index in [2.05, 4.69) is 11.8 Å². The number of halogens is 3. The molecule has 0 radical (unpaired) electrons. The summed E-state index contributed by atoms with van der Waals surface area (Å²) in [5.74, 6) is 5.52. The van der Waals surface area contributed by atoms with Crippen LogP contribution in [0.3, 0.4) is 0 Å². The maximum Gasteiger partial charge on any atom is 0.417 e. The number of thiophene rings is 1. The van der Waals surface area contributed by atoms with E-state index >= 15 is 0 Å². The molecule has 2 aromatic heterocycles. The number of aromatic nitrogens is 1. The SMILES string of the molecule is NCC#Cc1ccsc1Cn1cc(C(F)(F)F)ccc1=O. The average Bonchev–Trinajstić information content (AvgIpc) is 2.85. The molecular weight excluding hydrogens is 301 g/mol. The fourth-order valence-electron chi connectivity index (χ4n) is 1.70. The first-order chi connectivity index (χ1) is 9.91. The number of rotatable bonds is 2. The Balaban J connectivity index is 2.36. The van der Waals surface area contributed by atoms with Crippen molar-refractivity contribution in [3.8, 4) is 11.8 Å². The minimum atomic E-state index is -4.48. The van der Waals surface area contributed by atoms with Crippen LogP contribution >= 0.6 is 11.3 Å². The van der Waals surface area contributed by atoms with Crippen LogP contribution in [0.15, 0.2) is 34.6 Å². The summed E-state index contributed by atoms with van der Waals surface area (Å²) < 4.78 is 39.1. The molecule has 0 atom stereocenters. The molecule has 2 N–H and O–H groups in total. The van der Waals surface area contributed by atoms with Gasteiger partial charge in [0, 0.05) is 22.7 Å². The second-order valence-corrected chi connectivity index (χ2v) is 5.15. The van der Waals surface area contributed by atoms with Crippen LogP contribution in [-0.4, -0.2) is 11.1 Å². The van der Waals surface area contributed by atoms with Crippen molar-refractivity contribution in [1.82, 2.24) is 4.57 Å². The fraction of sp³-hybridized carbons (Fsp3) is 0.214. The van der Waals surface area contributed by atoms with Gasteiger partial charge in [-0.15, -0.1) is 11.3 Å². The lowest BCUT2D eigenvalue weighted by Gasteiger charge is -2.10. The zero-order valence-corrected chi connectivity index (χ0v) is 11.6. The van der Waals surface area contributed by atoms with E-state index in [0.29, 0.717) is 5.56 Å². The van der Waals surface area contributed by atoms with E-state index in [1.807, 2.05) is 0 Å². The van der Waals surface area contributed by atoms with E-state index in [1.165, 1.54) is 11.3 Å². The van der Waals surface area contributed by atoms with Crippen molar-refractivity contribution in [1.29, 1.82) is 0 Å². The molecule has 21 heavy (non-hydrogen) atoms. The summed E-state index contributed by atoms with van der Waals surface area (Å²) in [6, 6.07) is 3.45. The maximum absolute atomic E-state index is 12.7. The smallest absolute Gasteiger partial charge is 0.320 e. The Labute approximate surface area is 122 Å². The van der Waals surface area contributed by atoms with E-state index in [-0.39, 0.29) is 13.1 Å². The average molecular weight is 312 g/mol. The molecule has 2 rings (SSSR count). The standard InChI is InChI=1S/C14H11F3N2OS/c15-14(16,17)11-3-4-13(20)19(8-11)9-12-10(2-1-6-18)5-7-21-12/h3-5,7-8H,6,9,18H2. The second-order valence-electron chi connectivity index (χ2n) is 4.15. The fourth-order valence-corrected chi connectivity index (χ4v) is 2.53. The molecule has 0 aliphatic carbocycles. The Morgan fingerprint density at radius 3 is 2.71 bits per heavy atom. The number of hydrogen-bond donors (Lipinski definition) is 1. The van der Waals surface area contributed by atoms with E-state index < -0.39 is 17.3 Å². The topological polar surface area (TPSA) is 48.0 Å². The van der Waals surface area contributed by atoms with E-state index in [4.69, 9.17) is 5.73 Å². The minimum Gasteiger partial charge on any atom is -0.320 e. The maximum atomic E-state index is 12.7. The lowest BCUT2D eigenvalue weighted by atomic mass is 10.2. The van der Waals surface area contributed by atoms with Crippen LogP contribution in [0.2, 0.25) is 0 Å². The van der Waals surface area contributed by atoms with E-state index in [1.54, 1.807) is 11.4 Å². The lowest BCUT2D eigenvalue weighted by Crippen LogP contribution is -2.21. The number of alkyl halides is 3. The normalized spacial score (nSPS) is 11.0. The molecule has 0 bridgehead atoms. The number of hydrogen-bond acceptors (Lipinski definition) is 3. The zero-order chi connectivity index (χ0) is 15.5. The van der Waals surface area contributed by atoms with Gasteiger partial charge in [-0.1, -0.05) is 11.8 Å². The summed E-state index contributed by atoms with van der Waals surface area (Å²) in [5.41, 5.74) is 4.62. The number of pyridine rings is 1. The van der Waals surface area contributed by atoms with Gasteiger partial charge in [0.15, 0.2) is 0 Å². The monoisotopic (exact) mass is 312 g/mol. The van der Waals surface area contributed by atoms with Gasteiger partial charge in [-0.25, -0.2) is 0 Å². The van der Waals surface area contributed by atoms with Gasteiger partial charge in [-0.05, 0) is 17.5 Å². The molecule has 0 saturated carbocycles. The van der Waals surface area contributed by atoms with Crippen molar-refractivity contribution in [2.75, 3.05) is 6.54 Å². The molecule has 0 spiro atoms. The molecule has 0 saturated heterocycles.